The van der Waals surface area contributed by atoms with Gasteiger partial charge in [-0.25, -0.2) is 0 Å². The van der Waals surface area contributed by atoms with Gasteiger partial charge in [0.15, 0.2) is 0 Å². The lowest BCUT2D eigenvalue weighted by Crippen LogP contribution is -2.51. The van der Waals surface area contributed by atoms with Crippen molar-refractivity contribution in [2.75, 3.05) is 14.1 Å². The molecule has 0 heterocycles. The molecule has 0 amide bonds. The highest BCUT2D eigenvalue weighted by Crippen LogP contribution is 2.39. The van der Waals surface area contributed by atoms with Gasteiger partial charge in [-0.3, -0.25) is 4.90 Å². The number of nitrogens with zero attached hydrogens (tertiary/aromatic N) is 2. The van der Waals surface area contributed by atoms with Crippen molar-refractivity contribution in [2.24, 2.45) is 11.8 Å². The molecule has 0 aromatic rings. The Bertz CT molecular complexity index is 217. The molecule has 3 atom stereocenters. The highest BCUT2D eigenvalue weighted by atomic mass is 15.1. The first-order valence-corrected chi connectivity index (χ1v) is 5.11. The normalized spacial score (nSPS) is 40.3. The van der Waals surface area contributed by atoms with Crippen molar-refractivity contribution < 1.29 is 0 Å². The van der Waals surface area contributed by atoms with Gasteiger partial charge in [-0.05, 0) is 45.2 Å². The molecule has 74 valence electrons. The van der Waals surface area contributed by atoms with Crippen LogP contribution in [-0.2, 0) is 0 Å². The van der Waals surface area contributed by atoms with Gasteiger partial charge in [0, 0.05) is 0 Å². The Kier molecular flexibility index (Phi) is 2.98. The SMILES string of the molecule is CC1CCC(C#N)(N(C)C)C(C)C1. The zero-order valence-corrected chi connectivity index (χ0v) is 9.17. The third-order valence-electron chi connectivity index (χ3n) is 3.58. The minimum atomic E-state index is -0.202. The van der Waals surface area contributed by atoms with Crippen molar-refractivity contribution in [3.63, 3.8) is 0 Å². The van der Waals surface area contributed by atoms with E-state index in [-0.39, 0.29) is 5.54 Å². The molecule has 2 heteroatoms. The zero-order chi connectivity index (χ0) is 10.1. The van der Waals surface area contributed by atoms with E-state index < -0.39 is 0 Å². The maximum atomic E-state index is 9.28. The molecule has 0 aliphatic heterocycles. The summed E-state index contributed by atoms with van der Waals surface area (Å²) in [6, 6.07) is 2.51. The number of hydrogen-bond donors (Lipinski definition) is 0. The van der Waals surface area contributed by atoms with Crippen LogP contribution in [0.4, 0.5) is 0 Å². The minimum absolute atomic E-state index is 0.202. The average molecular weight is 180 g/mol. The molecule has 1 rings (SSSR count). The van der Waals surface area contributed by atoms with E-state index in [9.17, 15) is 5.26 Å². The van der Waals surface area contributed by atoms with Crippen molar-refractivity contribution in [3.05, 3.63) is 0 Å². The third kappa shape index (κ3) is 1.71. The molecule has 1 aliphatic rings. The molecule has 0 spiro atoms. The molecule has 1 aliphatic carbocycles. The fourth-order valence-corrected chi connectivity index (χ4v) is 2.56. The lowest BCUT2D eigenvalue weighted by atomic mass is 9.70. The van der Waals surface area contributed by atoms with E-state index in [0.717, 1.165) is 12.3 Å². The summed E-state index contributed by atoms with van der Waals surface area (Å²) in [7, 11) is 4.05. The Balaban J connectivity index is 2.83. The highest BCUT2D eigenvalue weighted by Gasteiger charge is 2.42. The summed E-state index contributed by atoms with van der Waals surface area (Å²) in [5, 5.41) is 9.28. The molecule has 1 fully saturated rings. The molecule has 0 aromatic heterocycles. The maximum Gasteiger partial charge on any atom is 0.111 e. The number of nitriles is 1. The topological polar surface area (TPSA) is 27.0 Å². The molecule has 3 unspecified atom stereocenters. The Morgan fingerprint density at radius 3 is 2.38 bits per heavy atom. The lowest BCUT2D eigenvalue weighted by molar-refractivity contribution is 0.0781. The molecule has 0 aromatic carbocycles. The highest BCUT2D eigenvalue weighted by molar-refractivity contribution is 5.11. The monoisotopic (exact) mass is 180 g/mol. The molecule has 0 bridgehead atoms. The lowest BCUT2D eigenvalue weighted by Gasteiger charge is -2.44. The predicted octanol–water partition coefficient (Wildman–Crippen LogP) is 2.27. The van der Waals surface area contributed by atoms with E-state index in [1.54, 1.807) is 0 Å². The van der Waals surface area contributed by atoms with E-state index in [2.05, 4.69) is 24.8 Å². The number of rotatable bonds is 1. The second-order valence-corrected chi connectivity index (χ2v) is 4.71. The largest absolute Gasteiger partial charge is 0.291 e. The summed E-state index contributed by atoms with van der Waals surface area (Å²) in [5.74, 6) is 1.28. The molecule has 1 saturated carbocycles. The van der Waals surface area contributed by atoms with Gasteiger partial charge in [-0.15, -0.1) is 0 Å². The fraction of sp³-hybridized carbons (Fsp3) is 0.909. The molecular formula is C11H20N2. The maximum absolute atomic E-state index is 9.28. The van der Waals surface area contributed by atoms with Gasteiger partial charge in [0.1, 0.15) is 5.54 Å². The van der Waals surface area contributed by atoms with Crippen molar-refractivity contribution in [1.82, 2.24) is 4.90 Å². The Morgan fingerprint density at radius 1 is 1.38 bits per heavy atom. The van der Waals surface area contributed by atoms with Gasteiger partial charge in [0.2, 0.25) is 0 Å². The average Bonchev–Trinajstić information content (AvgIpc) is 2.04. The van der Waals surface area contributed by atoms with Crippen LogP contribution in [0.1, 0.15) is 33.1 Å². The molecule has 0 saturated heterocycles. The van der Waals surface area contributed by atoms with E-state index in [1.807, 2.05) is 14.1 Å². The summed E-state index contributed by atoms with van der Waals surface area (Å²) in [4.78, 5) is 2.10. The van der Waals surface area contributed by atoms with Gasteiger partial charge in [-0.2, -0.15) is 5.26 Å². The Labute approximate surface area is 81.5 Å². The summed E-state index contributed by atoms with van der Waals surface area (Å²) in [6.45, 7) is 4.49. The van der Waals surface area contributed by atoms with Crippen LogP contribution in [0.3, 0.4) is 0 Å². The third-order valence-corrected chi connectivity index (χ3v) is 3.58. The summed E-state index contributed by atoms with van der Waals surface area (Å²) in [6.07, 6.45) is 3.40. The van der Waals surface area contributed by atoms with Crippen LogP contribution < -0.4 is 0 Å². The van der Waals surface area contributed by atoms with Gasteiger partial charge < -0.3 is 0 Å². The van der Waals surface area contributed by atoms with Crippen molar-refractivity contribution >= 4 is 0 Å². The molecule has 13 heavy (non-hydrogen) atoms. The van der Waals surface area contributed by atoms with Crippen LogP contribution in [0.2, 0.25) is 0 Å². The Morgan fingerprint density at radius 2 is 2.00 bits per heavy atom. The number of hydrogen-bond acceptors (Lipinski definition) is 2. The standard InChI is InChI=1S/C11H20N2/c1-9-5-6-11(8-12,13(3)4)10(2)7-9/h9-10H,5-7H2,1-4H3. The predicted molar refractivity (Wildman–Crippen MR) is 54.2 cm³/mol. The second kappa shape index (κ2) is 3.67. The van der Waals surface area contributed by atoms with Crippen molar-refractivity contribution in [3.8, 4) is 6.07 Å². The van der Waals surface area contributed by atoms with Crippen molar-refractivity contribution in [1.29, 1.82) is 5.26 Å². The summed E-state index contributed by atoms with van der Waals surface area (Å²) >= 11 is 0. The van der Waals surface area contributed by atoms with Crippen molar-refractivity contribution in [2.45, 2.75) is 38.6 Å². The first-order valence-electron chi connectivity index (χ1n) is 5.11. The van der Waals surface area contributed by atoms with E-state index in [1.165, 1.54) is 12.8 Å². The molecule has 2 nitrogen and oxygen atoms in total. The van der Waals surface area contributed by atoms with Crippen LogP contribution in [0.5, 0.6) is 0 Å². The first kappa shape index (κ1) is 10.5. The van der Waals surface area contributed by atoms with Crippen LogP contribution in [0, 0.1) is 23.2 Å². The molecule has 0 radical (unpaired) electrons. The minimum Gasteiger partial charge on any atom is -0.291 e. The van der Waals surface area contributed by atoms with Gasteiger partial charge in [0.05, 0.1) is 6.07 Å². The van der Waals surface area contributed by atoms with Crippen LogP contribution in [0.25, 0.3) is 0 Å². The van der Waals surface area contributed by atoms with Crippen LogP contribution in [-0.4, -0.2) is 24.5 Å². The van der Waals surface area contributed by atoms with Gasteiger partial charge in [-0.1, -0.05) is 13.8 Å². The summed E-state index contributed by atoms with van der Waals surface area (Å²) < 4.78 is 0. The van der Waals surface area contributed by atoms with E-state index >= 15 is 0 Å². The fourth-order valence-electron chi connectivity index (χ4n) is 2.56. The van der Waals surface area contributed by atoms with Gasteiger partial charge >= 0.3 is 0 Å². The molecule has 0 N–H and O–H groups in total. The van der Waals surface area contributed by atoms with E-state index in [0.29, 0.717) is 5.92 Å². The molecular weight excluding hydrogens is 160 g/mol. The first-order chi connectivity index (χ1) is 6.03. The zero-order valence-electron chi connectivity index (χ0n) is 9.17. The van der Waals surface area contributed by atoms with Gasteiger partial charge in [0.25, 0.3) is 0 Å². The summed E-state index contributed by atoms with van der Waals surface area (Å²) in [5.41, 5.74) is -0.202. The van der Waals surface area contributed by atoms with E-state index in [4.69, 9.17) is 0 Å². The Hall–Kier alpha value is -0.550. The smallest absolute Gasteiger partial charge is 0.111 e. The second-order valence-electron chi connectivity index (χ2n) is 4.71. The van der Waals surface area contributed by atoms with Crippen LogP contribution in [0.15, 0.2) is 0 Å². The van der Waals surface area contributed by atoms with Crippen LogP contribution >= 0.6 is 0 Å². The quantitative estimate of drug-likeness (QED) is 0.619.